The molecular formula is C15H14FNO4. The number of hydrogen-bond donors (Lipinski definition) is 0. The predicted octanol–water partition coefficient (Wildman–Crippen LogP) is 3.40. The monoisotopic (exact) mass is 291 g/mol. The topological polar surface area (TPSA) is 69.4 Å². The van der Waals surface area contributed by atoms with Crippen molar-refractivity contribution in [3.63, 3.8) is 0 Å². The van der Waals surface area contributed by atoms with Crippen molar-refractivity contribution in [2.45, 2.75) is 25.4 Å². The van der Waals surface area contributed by atoms with Crippen molar-refractivity contribution < 1.29 is 18.8 Å². The molecule has 0 N–H and O–H groups in total. The Bertz CT molecular complexity index is 653. The maximum absolute atomic E-state index is 13.4. The molecule has 0 fully saturated rings. The largest absolute Gasteiger partial charge is 0.447 e. The molecule has 1 atom stereocenters. The first-order chi connectivity index (χ1) is 9.85. The summed E-state index contributed by atoms with van der Waals surface area (Å²) in [7, 11) is 0. The van der Waals surface area contributed by atoms with Crippen LogP contribution in [0.4, 0.5) is 10.1 Å². The fourth-order valence-corrected chi connectivity index (χ4v) is 2.21. The van der Waals surface area contributed by atoms with E-state index in [1.165, 1.54) is 13.0 Å². The molecule has 0 spiro atoms. The van der Waals surface area contributed by atoms with Gasteiger partial charge in [0.15, 0.2) is 5.60 Å². The van der Waals surface area contributed by atoms with Gasteiger partial charge in [-0.05, 0) is 31.9 Å². The Labute approximate surface area is 120 Å². The summed E-state index contributed by atoms with van der Waals surface area (Å²) in [6, 6.07) is 3.51. The van der Waals surface area contributed by atoms with Crippen LogP contribution in [0.1, 0.15) is 25.3 Å². The molecule has 1 aromatic rings. The van der Waals surface area contributed by atoms with Gasteiger partial charge in [-0.15, -0.1) is 0 Å². The molecule has 1 unspecified atom stereocenters. The number of esters is 1. The van der Waals surface area contributed by atoms with Crippen LogP contribution in [-0.2, 0) is 15.1 Å². The van der Waals surface area contributed by atoms with E-state index in [4.69, 9.17) is 4.74 Å². The Morgan fingerprint density at radius 3 is 2.76 bits per heavy atom. The van der Waals surface area contributed by atoms with Crippen molar-refractivity contribution >= 4 is 11.7 Å². The van der Waals surface area contributed by atoms with Crippen LogP contribution < -0.4 is 0 Å². The molecule has 1 aromatic carbocycles. The zero-order valence-electron chi connectivity index (χ0n) is 11.5. The normalized spacial score (nSPS) is 20.3. The van der Waals surface area contributed by atoms with E-state index in [2.05, 4.69) is 6.58 Å². The van der Waals surface area contributed by atoms with Crippen LogP contribution in [0, 0.1) is 15.9 Å². The summed E-state index contributed by atoms with van der Waals surface area (Å²) in [6.07, 6.45) is 4.61. The molecule has 0 aromatic heterocycles. The molecule has 0 heterocycles. The average molecular weight is 291 g/mol. The minimum atomic E-state index is -1.10. The van der Waals surface area contributed by atoms with Gasteiger partial charge in [-0.25, -0.2) is 4.79 Å². The number of halogens is 1. The number of rotatable bonds is 4. The maximum atomic E-state index is 13.4. The summed E-state index contributed by atoms with van der Waals surface area (Å²) in [5.41, 5.74) is -1.14. The molecule has 1 aliphatic carbocycles. The molecule has 0 saturated carbocycles. The maximum Gasteiger partial charge on any atom is 0.334 e. The summed E-state index contributed by atoms with van der Waals surface area (Å²) in [6.45, 7) is 5.03. The van der Waals surface area contributed by atoms with E-state index in [0.717, 1.165) is 12.1 Å². The van der Waals surface area contributed by atoms with E-state index in [-0.39, 0.29) is 5.57 Å². The second-order valence-corrected chi connectivity index (χ2v) is 4.92. The van der Waals surface area contributed by atoms with Crippen LogP contribution in [0.3, 0.4) is 0 Å². The van der Waals surface area contributed by atoms with E-state index in [9.17, 15) is 19.3 Å². The quantitative estimate of drug-likeness (QED) is 0.280. The summed E-state index contributed by atoms with van der Waals surface area (Å²) < 4.78 is 18.9. The number of ether oxygens (including phenoxy) is 1. The number of hydrogen-bond acceptors (Lipinski definition) is 4. The van der Waals surface area contributed by atoms with Crippen molar-refractivity contribution in [3.05, 3.63) is 64.0 Å². The summed E-state index contributed by atoms with van der Waals surface area (Å²) >= 11 is 0. The smallest absolute Gasteiger partial charge is 0.334 e. The summed E-state index contributed by atoms with van der Waals surface area (Å²) in [4.78, 5) is 21.8. The van der Waals surface area contributed by atoms with E-state index in [0.29, 0.717) is 18.4 Å². The average Bonchev–Trinajstić information content (AvgIpc) is 2.88. The lowest BCUT2D eigenvalue weighted by Gasteiger charge is -2.28. The second kappa shape index (κ2) is 5.47. The molecule has 0 saturated heterocycles. The summed E-state index contributed by atoms with van der Waals surface area (Å²) in [5, 5.41) is 10.8. The van der Waals surface area contributed by atoms with Crippen LogP contribution in [0.25, 0.3) is 0 Å². The van der Waals surface area contributed by atoms with Crippen LogP contribution in [-0.4, -0.2) is 10.9 Å². The molecule has 2 rings (SSSR count). The zero-order valence-corrected chi connectivity index (χ0v) is 11.5. The number of nitrogens with zero attached hydrogens (tertiary/aromatic N) is 1. The van der Waals surface area contributed by atoms with Gasteiger partial charge < -0.3 is 4.74 Å². The van der Waals surface area contributed by atoms with Crippen molar-refractivity contribution in [1.29, 1.82) is 0 Å². The van der Waals surface area contributed by atoms with Crippen molar-refractivity contribution in [3.8, 4) is 0 Å². The molecule has 110 valence electrons. The van der Waals surface area contributed by atoms with Gasteiger partial charge in [-0.3, -0.25) is 10.1 Å². The number of benzene rings is 1. The van der Waals surface area contributed by atoms with Gasteiger partial charge in [0.2, 0.25) is 5.82 Å². The molecule has 5 nitrogen and oxygen atoms in total. The van der Waals surface area contributed by atoms with Crippen LogP contribution in [0.15, 0.2) is 42.5 Å². The van der Waals surface area contributed by atoms with E-state index in [1.807, 2.05) is 6.08 Å². The second-order valence-electron chi connectivity index (χ2n) is 4.92. The Hall–Kier alpha value is -2.50. The van der Waals surface area contributed by atoms with Gasteiger partial charge >= 0.3 is 11.7 Å². The Morgan fingerprint density at radius 1 is 1.52 bits per heavy atom. The fraction of sp³-hybridized carbons (Fsp3) is 0.267. The van der Waals surface area contributed by atoms with Crippen molar-refractivity contribution in [1.82, 2.24) is 0 Å². The highest BCUT2D eigenvalue weighted by Gasteiger charge is 2.37. The molecule has 0 amide bonds. The van der Waals surface area contributed by atoms with Gasteiger partial charge in [0.1, 0.15) is 0 Å². The number of carbonyl (C=O) groups excluding carboxylic acids is 1. The highest BCUT2D eigenvalue weighted by Crippen LogP contribution is 2.39. The zero-order chi connectivity index (χ0) is 15.6. The molecule has 1 aliphatic rings. The minimum absolute atomic E-state index is 0.228. The van der Waals surface area contributed by atoms with Gasteiger partial charge in [0.05, 0.1) is 4.92 Å². The molecule has 21 heavy (non-hydrogen) atoms. The molecule has 0 aliphatic heterocycles. The van der Waals surface area contributed by atoms with E-state index >= 15 is 0 Å². The van der Waals surface area contributed by atoms with Crippen molar-refractivity contribution in [2.24, 2.45) is 0 Å². The number of allylic oxidation sites excluding steroid dienone is 1. The highest BCUT2D eigenvalue weighted by molar-refractivity contribution is 5.87. The van der Waals surface area contributed by atoms with Crippen LogP contribution in [0.5, 0.6) is 0 Å². The number of nitro benzene ring substituents is 1. The number of carbonyl (C=O) groups is 1. The Kier molecular flexibility index (Phi) is 3.88. The van der Waals surface area contributed by atoms with E-state index in [1.54, 1.807) is 6.08 Å². The lowest BCUT2D eigenvalue weighted by Crippen LogP contribution is -2.29. The van der Waals surface area contributed by atoms with E-state index < -0.39 is 28.0 Å². The van der Waals surface area contributed by atoms with Gasteiger partial charge in [-0.2, -0.15) is 4.39 Å². The first kappa shape index (κ1) is 14.9. The molecule has 0 bridgehead atoms. The van der Waals surface area contributed by atoms with Crippen molar-refractivity contribution in [2.75, 3.05) is 0 Å². The van der Waals surface area contributed by atoms with Gasteiger partial charge in [0, 0.05) is 17.2 Å². The molecule has 0 radical (unpaired) electrons. The third kappa shape index (κ3) is 2.84. The first-order valence-electron chi connectivity index (χ1n) is 6.37. The Balaban J connectivity index is 2.46. The molecular weight excluding hydrogens is 277 g/mol. The number of nitro groups is 1. The summed E-state index contributed by atoms with van der Waals surface area (Å²) in [5.74, 6) is -1.51. The first-order valence-corrected chi connectivity index (χ1v) is 6.37. The third-order valence-electron chi connectivity index (χ3n) is 3.32. The Morgan fingerprint density at radius 2 is 2.24 bits per heavy atom. The predicted molar refractivity (Wildman–Crippen MR) is 74.0 cm³/mol. The van der Waals surface area contributed by atoms with Gasteiger partial charge in [0.25, 0.3) is 0 Å². The standard InChI is InChI=1S/C15H14FNO4/c1-10(2)14(18)21-15(7-3-4-8-15)11-5-6-12(16)13(9-11)17(19)20/h3,5-7,9H,1,4,8H2,2H3. The third-order valence-corrected chi connectivity index (χ3v) is 3.32. The lowest BCUT2D eigenvalue weighted by molar-refractivity contribution is -0.387. The van der Waals surface area contributed by atoms with Crippen LogP contribution in [0.2, 0.25) is 0 Å². The highest BCUT2D eigenvalue weighted by atomic mass is 19.1. The fourth-order valence-electron chi connectivity index (χ4n) is 2.21. The van der Waals surface area contributed by atoms with Gasteiger partial charge in [-0.1, -0.05) is 18.7 Å². The molecule has 6 heteroatoms. The lowest BCUT2D eigenvalue weighted by atomic mass is 9.92. The SMILES string of the molecule is C=C(C)C(=O)OC1(c2ccc(F)c([N+](=O)[O-])c2)C=CCC1. The minimum Gasteiger partial charge on any atom is -0.447 e. The van der Waals surface area contributed by atoms with Crippen LogP contribution >= 0.6 is 0 Å².